The molecular weight excluding hydrogens is 76.1 g/mol. The Morgan fingerprint density at radius 2 is 2.50 bits per heavy atom. The second kappa shape index (κ2) is 1.61. The molecule has 1 unspecified atom stereocenters. The summed E-state index contributed by atoms with van der Waals surface area (Å²) in [5, 5.41) is 0. The maximum atomic E-state index is 4.24. The summed E-state index contributed by atoms with van der Waals surface area (Å²) in [5.74, 6) is 0. The van der Waals surface area contributed by atoms with Gasteiger partial charge in [0.2, 0.25) is 0 Å². The number of rotatable bonds is 0. The molecule has 0 aliphatic carbocycles. The maximum absolute atomic E-state index is 4.24. The van der Waals surface area contributed by atoms with Gasteiger partial charge in [-0.2, -0.15) is 0 Å². The summed E-state index contributed by atoms with van der Waals surface area (Å²) in [6, 6.07) is 0. The third-order valence-corrected chi connectivity index (χ3v) is 1.22. The van der Waals surface area contributed by atoms with Crippen LogP contribution in [0.4, 0.5) is 0 Å². The number of ether oxygens (including phenoxy) is 1. The molecule has 1 atom stereocenters. The predicted molar refractivity (Wildman–Crippen MR) is 25.8 cm³/mol. The first-order valence-corrected chi connectivity index (χ1v) is 2.56. The standard InChI is InChI=1S/C5H10O/c1-5-3-2-4-6-5/h5H,2-4H2,1H3/p+1. The van der Waals surface area contributed by atoms with Gasteiger partial charge < -0.3 is 4.74 Å². The Morgan fingerprint density at radius 1 is 1.67 bits per heavy atom. The second-order valence-electron chi connectivity index (χ2n) is 1.90. The van der Waals surface area contributed by atoms with Crippen molar-refractivity contribution in [3.05, 3.63) is 0 Å². The molecule has 1 aliphatic rings. The molecule has 0 aromatic carbocycles. The Hall–Kier alpha value is -0.0400. The van der Waals surface area contributed by atoms with E-state index in [1.807, 2.05) is 0 Å². The van der Waals surface area contributed by atoms with Crippen molar-refractivity contribution in [1.82, 2.24) is 0 Å². The topological polar surface area (TPSA) is 12.8 Å². The van der Waals surface area contributed by atoms with Gasteiger partial charge in [-0.3, -0.25) is 0 Å². The van der Waals surface area contributed by atoms with Crippen molar-refractivity contribution in [2.45, 2.75) is 25.9 Å². The summed E-state index contributed by atoms with van der Waals surface area (Å²) in [6.07, 6.45) is 3.31. The van der Waals surface area contributed by atoms with Gasteiger partial charge in [0.1, 0.15) is 6.61 Å². The molecule has 0 spiro atoms. The van der Waals surface area contributed by atoms with Crippen LogP contribution in [0.25, 0.3) is 0 Å². The highest BCUT2D eigenvalue weighted by Crippen LogP contribution is 2.06. The van der Waals surface area contributed by atoms with Crippen LogP contribution in [0.15, 0.2) is 0 Å². The van der Waals surface area contributed by atoms with E-state index < -0.39 is 0 Å². The Labute approximate surface area is 38.3 Å². The molecule has 1 heteroatoms. The molecule has 0 aromatic heterocycles. The lowest BCUT2D eigenvalue weighted by Gasteiger charge is -1.90. The Kier molecular flexibility index (Phi) is 1.10. The third kappa shape index (κ3) is 0.716. The SMILES string of the molecule is CC1CCC[OH+]1. The van der Waals surface area contributed by atoms with E-state index in [0.717, 1.165) is 6.61 Å². The molecule has 0 aromatic rings. The zero-order valence-electron chi connectivity index (χ0n) is 4.15. The van der Waals surface area contributed by atoms with Crippen molar-refractivity contribution >= 4 is 0 Å². The van der Waals surface area contributed by atoms with Crippen LogP contribution in [0.2, 0.25) is 0 Å². The highest BCUT2D eigenvalue weighted by atomic mass is 16.5. The van der Waals surface area contributed by atoms with E-state index in [2.05, 4.69) is 11.7 Å². The molecular formula is C5H11O+. The lowest BCUT2D eigenvalue weighted by molar-refractivity contribution is -0.0483. The quantitative estimate of drug-likeness (QED) is 0.386. The zero-order chi connectivity index (χ0) is 4.41. The molecule has 1 N–H and O–H groups in total. The van der Waals surface area contributed by atoms with Crippen LogP contribution in [0.5, 0.6) is 0 Å². The first-order chi connectivity index (χ1) is 2.89. The third-order valence-electron chi connectivity index (χ3n) is 1.22. The van der Waals surface area contributed by atoms with Crippen LogP contribution in [-0.2, 0) is 0 Å². The summed E-state index contributed by atoms with van der Waals surface area (Å²) < 4.78 is 4.24. The van der Waals surface area contributed by atoms with Gasteiger partial charge in [0.15, 0.2) is 6.10 Å². The van der Waals surface area contributed by atoms with E-state index in [9.17, 15) is 0 Å². The molecule has 0 saturated carbocycles. The molecule has 0 radical (unpaired) electrons. The van der Waals surface area contributed by atoms with Gasteiger partial charge in [-0.1, -0.05) is 0 Å². The lowest BCUT2D eigenvalue weighted by Crippen LogP contribution is -2.00. The molecule has 1 nitrogen and oxygen atoms in total. The van der Waals surface area contributed by atoms with Crippen molar-refractivity contribution in [3.63, 3.8) is 0 Å². The lowest BCUT2D eigenvalue weighted by atomic mass is 10.3. The van der Waals surface area contributed by atoms with Crippen LogP contribution in [0, 0.1) is 0 Å². The summed E-state index contributed by atoms with van der Waals surface area (Å²) in [7, 11) is 0. The summed E-state index contributed by atoms with van der Waals surface area (Å²) in [5.41, 5.74) is 0. The number of aliphatic hydroxyl groups is 2. The van der Waals surface area contributed by atoms with Gasteiger partial charge >= 0.3 is 0 Å². The molecule has 1 saturated heterocycles. The summed E-state index contributed by atoms with van der Waals surface area (Å²) >= 11 is 0. The second-order valence-corrected chi connectivity index (χ2v) is 1.90. The molecule has 6 heavy (non-hydrogen) atoms. The zero-order valence-corrected chi connectivity index (χ0v) is 4.15. The van der Waals surface area contributed by atoms with Crippen LogP contribution in [-0.4, -0.2) is 17.4 Å². The van der Waals surface area contributed by atoms with Crippen LogP contribution in [0.3, 0.4) is 0 Å². The average molecular weight is 87.1 g/mol. The van der Waals surface area contributed by atoms with Crippen LogP contribution in [0.1, 0.15) is 19.8 Å². The molecule has 0 amide bonds. The number of hydrogen-bond donors (Lipinski definition) is 0. The van der Waals surface area contributed by atoms with Gasteiger partial charge in [-0.15, -0.1) is 0 Å². The normalized spacial score (nSPS) is 34.5. The molecule has 1 rings (SSSR count). The molecule has 1 heterocycles. The highest BCUT2D eigenvalue weighted by Gasteiger charge is 2.12. The van der Waals surface area contributed by atoms with Gasteiger partial charge in [0, 0.05) is 19.8 Å². The first kappa shape index (κ1) is 4.13. The van der Waals surface area contributed by atoms with Crippen molar-refractivity contribution in [1.29, 1.82) is 0 Å². The Bertz CT molecular complexity index is 37.2. The van der Waals surface area contributed by atoms with Crippen molar-refractivity contribution < 1.29 is 4.74 Å². The Morgan fingerprint density at radius 3 is 2.67 bits per heavy atom. The monoisotopic (exact) mass is 87.1 g/mol. The molecule has 1 aliphatic heterocycles. The van der Waals surface area contributed by atoms with Gasteiger partial charge in [-0.05, 0) is 0 Å². The van der Waals surface area contributed by atoms with E-state index in [1.54, 1.807) is 0 Å². The number of hydrogen-bond acceptors (Lipinski definition) is 0. The van der Waals surface area contributed by atoms with E-state index in [-0.39, 0.29) is 0 Å². The fourth-order valence-electron chi connectivity index (χ4n) is 0.790. The van der Waals surface area contributed by atoms with Crippen molar-refractivity contribution in [2.24, 2.45) is 0 Å². The van der Waals surface area contributed by atoms with E-state index >= 15 is 0 Å². The predicted octanol–water partition coefficient (Wildman–Crippen LogP) is 0.697. The largest absolute Gasteiger partial charge is 0.432 e. The molecule has 36 valence electrons. The van der Waals surface area contributed by atoms with Crippen LogP contribution >= 0.6 is 0 Å². The smallest absolute Gasteiger partial charge is 0.152 e. The molecule has 0 bridgehead atoms. The van der Waals surface area contributed by atoms with Crippen molar-refractivity contribution in [3.8, 4) is 0 Å². The van der Waals surface area contributed by atoms with Crippen LogP contribution < -0.4 is 0 Å². The summed E-state index contributed by atoms with van der Waals surface area (Å²) in [6.45, 7) is 3.29. The van der Waals surface area contributed by atoms with Crippen molar-refractivity contribution in [2.75, 3.05) is 6.61 Å². The fourth-order valence-corrected chi connectivity index (χ4v) is 0.790. The average Bonchev–Trinajstić information content (AvgIpc) is 1.86. The maximum Gasteiger partial charge on any atom is 0.152 e. The Balaban J connectivity index is 2.18. The first-order valence-electron chi connectivity index (χ1n) is 2.56. The van der Waals surface area contributed by atoms with E-state index in [0.29, 0.717) is 6.10 Å². The summed E-state index contributed by atoms with van der Waals surface area (Å²) in [4.78, 5) is 0. The van der Waals surface area contributed by atoms with Gasteiger partial charge in [0.25, 0.3) is 0 Å². The van der Waals surface area contributed by atoms with E-state index in [1.165, 1.54) is 12.8 Å². The highest BCUT2D eigenvalue weighted by molar-refractivity contribution is 4.54. The van der Waals surface area contributed by atoms with E-state index in [4.69, 9.17) is 0 Å². The van der Waals surface area contributed by atoms with Gasteiger partial charge in [-0.25, -0.2) is 0 Å². The minimum absolute atomic E-state index is 0.671. The fraction of sp³-hybridized carbons (Fsp3) is 1.00. The minimum Gasteiger partial charge on any atom is -0.432 e. The molecule has 1 fully saturated rings. The minimum atomic E-state index is 0.671. The van der Waals surface area contributed by atoms with Gasteiger partial charge in [0.05, 0.1) is 0 Å².